The largest absolute Gasteiger partial charge is 0.325 e. The number of benzene rings is 2. The molecule has 1 amide bonds. The third-order valence-electron chi connectivity index (χ3n) is 3.56. The summed E-state index contributed by atoms with van der Waals surface area (Å²) in [7, 11) is -3.59. The number of halogens is 1. The molecule has 2 aromatic rings. The number of hydrogen-bond donors (Lipinski definition) is 2. The van der Waals surface area contributed by atoms with Crippen LogP contribution in [0.2, 0.25) is 0 Å². The van der Waals surface area contributed by atoms with E-state index >= 15 is 0 Å². The van der Waals surface area contributed by atoms with E-state index in [2.05, 4.69) is 32.6 Å². The molecule has 0 bridgehead atoms. The summed E-state index contributed by atoms with van der Waals surface area (Å²) in [4.78, 5) is 11.9. The number of hydrogen-bond acceptors (Lipinski definition) is 3. The van der Waals surface area contributed by atoms with Gasteiger partial charge in [0.15, 0.2) is 0 Å². The Bertz CT molecular complexity index is 813. The molecule has 2 rings (SSSR count). The summed E-state index contributed by atoms with van der Waals surface area (Å²) in [5.74, 6) is -0.538. The molecule has 0 radical (unpaired) electrons. The fraction of sp³-hybridized carbons (Fsp3) is 0.235. The summed E-state index contributed by atoms with van der Waals surface area (Å²) in [6, 6.07) is 12.9. The molecule has 0 unspecified atom stereocenters. The van der Waals surface area contributed by atoms with E-state index < -0.39 is 15.9 Å². The summed E-state index contributed by atoms with van der Waals surface area (Å²) >= 11 is 2.17. The first-order valence-corrected chi connectivity index (χ1v) is 10.1. The van der Waals surface area contributed by atoms with Crippen LogP contribution in [0.5, 0.6) is 0 Å². The zero-order chi connectivity index (χ0) is 17.7. The van der Waals surface area contributed by atoms with Crippen LogP contribution >= 0.6 is 22.6 Å². The second-order valence-electron chi connectivity index (χ2n) is 5.51. The van der Waals surface area contributed by atoms with Crippen LogP contribution in [0.15, 0.2) is 42.5 Å². The lowest BCUT2D eigenvalue weighted by molar-refractivity contribution is -0.115. The maximum absolute atomic E-state index is 12.2. The molecule has 0 aliphatic carbocycles. The second-order valence-corrected chi connectivity index (χ2v) is 8.56. The van der Waals surface area contributed by atoms with E-state index in [1.807, 2.05) is 44.2 Å². The van der Waals surface area contributed by atoms with Crippen molar-refractivity contribution in [1.29, 1.82) is 0 Å². The fourth-order valence-electron chi connectivity index (χ4n) is 2.23. The summed E-state index contributed by atoms with van der Waals surface area (Å²) in [5.41, 5.74) is 3.24. The normalized spacial score (nSPS) is 11.3. The SMILES string of the molecule is Cc1cccc(C)c1CS(=O)(=O)NCC(=O)Nc1ccc(I)cc1. The quantitative estimate of drug-likeness (QED) is 0.654. The number of nitrogens with one attached hydrogen (secondary N) is 2. The average molecular weight is 458 g/mol. The zero-order valence-electron chi connectivity index (χ0n) is 13.5. The van der Waals surface area contributed by atoms with Gasteiger partial charge < -0.3 is 5.32 Å². The maximum atomic E-state index is 12.2. The first-order chi connectivity index (χ1) is 11.3. The molecule has 128 valence electrons. The minimum Gasteiger partial charge on any atom is -0.325 e. The van der Waals surface area contributed by atoms with Crippen LogP contribution in [-0.2, 0) is 20.6 Å². The molecular weight excluding hydrogens is 439 g/mol. The number of carbonyl (C=O) groups excluding carboxylic acids is 1. The van der Waals surface area contributed by atoms with Crippen LogP contribution in [0.3, 0.4) is 0 Å². The predicted octanol–water partition coefficient (Wildman–Crippen LogP) is 2.97. The van der Waals surface area contributed by atoms with Crippen LogP contribution < -0.4 is 10.0 Å². The first-order valence-electron chi connectivity index (χ1n) is 7.35. The number of carbonyl (C=O) groups is 1. The third-order valence-corrected chi connectivity index (χ3v) is 5.53. The van der Waals surface area contributed by atoms with Crippen molar-refractivity contribution in [3.8, 4) is 0 Å². The van der Waals surface area contributed by atoms with Crippen LogP contribution in [0.25, 0.3) is 0 Å². The fourth-order valence-corrected chi connectivity index (χ4v) is 3.88. The van der Waals surface area contributed by atoms with E-state index in [1.165, 1.54) is 0 Å². The van der Waals surface area contributed by atoms with Gasteiger partial charge in [-0.25, -0.2) is 13.1 Å². The van der Waals surface area contributed by atoms with Crippen molar-refractivity contribution < 1.29 is 13.2 Å². The Labute approximate surface area is 156 Å². The molecule has 2 aromatic carbocycles. The number of amides is 1. The molecule has 0 fully saturated rings. The summed E-state index contributed by atoms with van der Waals surface area (Å²) < 4.78 is 27.8. The average Bonchev–Trinajstić information content (AvgIpc) is 2.52. The van der Waals surface area contributed by atoms with Crippen molar-refractivity contribution in [2.75, 3.05) is 11.9 Å². The number of aryl methyl sites for hydroxylation is 2. The lowest BCUT2D eigenvalue weighted by Crippen LogP contribution is -2.33. The number of rotatable bonds is 6. The zero-order valence-corrected chi connectivity index (χ0v) is 16.4. The van der Waals surface area contributed by atoms with Crippen LogP contribution in [0, 0.1) is 17.4 Å². The van der Waals surface area contributed by atoms with Gasteiger partial charge in [-0.1, -0.05) is 18.2 Å². The molecule has 0 aliphatic rings. The Balaban J connectivity index is 1.94. The minimum absolute atomic E-state index is 0.137. The highest BCUT2D eigenvalue weighted by Crippen LogP contribution is 2.16. The molecule has 5 nitrogen and oxygen atoms in total. The second kappa shape index (κ2) is 8.09. The molecule has 0 saturated carbocycles. The standard InChI is InChI=1S/C17H19IN2O3S/c1-12-4-3-5-13(2)16(12)11-24(22,23)19-10-17(21)20-15-8-6-14(18)7-9-15/h3-9,19H,10-11H2,1-2H3,(H,20,21). The van der Waals surface area contributed by atoms with Crippen molar-refractivity contribution in [3.63, 3.8) is 0 Å². The summed E-state index contributed by atoms with van der Waals surface area (Å²) in [6.07, 6.45) is 0. The highest BCUT2D eigenvalue weighted by molar-refractivity contribution is 14.1. The maximum Gasteiger partial charge on any atom is 0.239 e. The summed E-state index contributed by atoms with van der Waals surface area (Å²) in [5, 5.41) is 2.66. The lowest BCUT2D eigenvalue weighted by Gasteiger charge is -2.11. The molecule has 0 saturated heterocycles. The number of sulfonamides is 1. The molecule has 2 N–H and O–H groups in total. The monoisotopic (exact) mass is 458 g/mol. The summed E-state index contributed by atoms with van der Waals surface area (Å²) in [6.45, 7) is 3.46. The van der Waals surface area contributed by atoms with Gasteiger partial charge in [-0.3, -0.25) is 4.79 Å². The molecule has 0 aromatic heterocycles. The van der Waals surface area contributed by atoms with Crippen LogP contribution in [-0.4, -0.2) is 20.9 Å². The van der Waals surface area contributed by atoms with Crippen molar-refractivity contribution >= 4 is 44.2 Å². The van der Waals surface area contributed by atoms with Gasteiger partial charge in [-0.2, -0.15) is 0 Å². The van der Waals surface area contributed by atoms with Crippen molar-refractivity contribution in [2.45, 2.75) is 19.6 Å². The van der Waals surface area contributed by atoms with E-state index in [0.717, 1.165) is 20.3 Å². The van der Waals surface area contributed by atoms with Gasteiger partial charge in [0.2, 0.25) is 15.9 Å². The molecule has 0 atom stereocenters. The van der Waals surface area contributed by atoms with Crippen LogP contribution in [0.4, 0.5) is 5.69 Å². The first kappa shape index (κ1) is 18.9. The van der Waals surface area contributed by atoms with Gasteiger partial charge in [0.25, 0.3) is 0 Å². The Morgan fingerprint density at radius 1 is 1.04 bits per heavy atom. The highest BCUT2D eigenvalue weighted by Gasteiger charge is 2.16. The molecule has 0 aliphatic heterocycles. The number of anilines is 1. The molecule has 7 heteroatoms. The van der Waals surface area contributed by atoms with Crippen molar-refractivity contribution in [3.05, 3.63) is 62.7 Å². The van der Waals surface area contributed by atoms with Gasteiger partial charge in [0, 0.05) is 9.26 Å². The van der Waals surface area contributed by atoms with Gasteiger partial charge in [0.05, 0.1) is 12.3 Å². The van der Waals surface area contributed by atoms with E-state index in [1.54, 1.807) is 12.1 Å². The Morgan fingerprint density at radius 3 is 2.21 bits per heavy atom. The van der Waals surface area contributed by atoms with Crippen LogP contribution in [0.1, 0.15) is 16.7 Å². The topological polar surface area (TPSA) is 75.3 Å². The Kier molecular flexibility index (Phi) is 6.36. The molecule has 0 spiro atoms. The van der Waals surface area contributed by atoms with E-state index in [4.69, 9.17) is 0 Å². The van der Waals surface area contributed by atoms with E-state index in [9.17, 15) is 13.2 Å². The van der Waals surface area contributed by atoms with E-state index in [-0.39, 0.29) is 12.3 Å². The molecular formula is C17H19IN2O3S. The highest BCUT2D eigenvalue weighted by atomic mass is 127. The Hall–Kier alpha value is -1.45. The van der Waals surface area contributed by atoms with Gasteiger partial charge in [-0.15, -0.1) is 0 Å². The van der Waals surface area contributed by atoms with Crippen molar-refractivity contribution in [2.24, 2.45) is 0 Å². The van der Waals surface area contributed by atoms with Crippen molar-refractivity contribution in [1.82, 2.24) is 4.72 Å². The van der Waals surface area contributed by atoms with Gasteiger partial charge in [0.1, 0.15) is 0 Å². The smallest absolute Gasteiger partial charge is 0.239 e. The Morgan fingerprint density at radius 2 is 1.62 bits per heavy atom. The molecule has 24 heavy (non-hydrogen) atoms. The molecule has 0 heterocycles. The predicted molar refractivity (Wildman–Crippen MR) is 104 cm³/mol. The van der Waals surface area contributed by atoms with Gasteiger partial charge >= 0.3 is 0 Å². The van der Waals surface area contributed by atoms with E-state index in [0.29, 0.717) is 5.69 Å². The van der Waals surface area contributed by atoms with Gasteiger partial charge in [-0.05, 0) is 77.4 Å². The third kappa shape index (κ3) is 5.57. The lowest BCUT2D eigenvalue weighted by atomic mass is 10.1. The minimum atomic E-state index is -3.59.